The van der Waals surface area contributed by atoms with Crippen LogP contribution in [-0.2, 0) is 0 Å². The molecule has 1 aliphatic rings. The quantitative estimate of drug-likeness (QED) is 0.745. The number of hydrogen-bond acceptors (Lipinski definition) is 2. The zero-order chi connectivity index (χ0) is 10.7. The van der Waals surface area contributed by atoms with Crippen LogP contribution in [-0.4, -0.2) is 29.3 Å². The summed E-state index contributed by atoms with van der Waals surface area (Å²) in [6.45, 7) is 0.668. The van der Waals surface area contributed by atoms with Gasteiger partial charge in [-0.1, -0.05) is 0 Å². The van der Waals surface area contributed by atoms with Crippen LogP contribution in [0.25, 0.3) is 0 Å². The van der Waals surface area contributed by atoms with Crippen molar-refractivity contribution in [3.8, 4) is 0 Å². The molecule has 2 rings (SSSR count). The summed E-state index contributed by atoms with van der Waals surface area (Å²) in [5.74, 6) is 0.661. The standard InChI is InChI=1S/C11H14ClNOS/c12-5-6-13(10-2-1-3-10)11(14)9-4-7-15-8-9/h4,7-8,10H,1-3,5-6H2. The van der Waals surface area contributed by atoms with Gasteiger partial charge in [0.15, 0.2) is 0 Å². The van der Waals surface area contributed by atoms with Gasteiger partial charge in [-0.3, -0.25) is 4.79 Å². The van der Waals surface area contributed by atoms with Crippen molar-refractivity contribution in [2.45, 2.75) is 25.3 Å². The van der Waals surface area contributed by atoms with Crippen LogP contribution in [0.3, 0.4) is 0 Å². The summed E-state index contributed by atoms with van der Waals surface area (Å²) in [6.07, 6.45) is 3.50. The van der Waals surface area contributed by atoms with Crippen LogP contribution >= 0.6 is 22.9 Å². The van der Waals surface area contributed by atoms with E-state index in [0.29, 0.717) is 18.5 Å². The van der Waals surface area contributed by atoms with Crippen LogP contribution in [0.1, 0.15) is 29.6 Å². The van der Waals surface area contributed by atoms with Crippen molar-refractivity contribution in [2.75, 3.05) is 12.4 Å². The highest BCUT2D eigenvalue weighted by Gasteiger charge is 2.28. The molecule has 0 aromatic carbocycles. The number of carbonyl (C=O) groups excluding carboxylic acids is 1. The van der Waals surface area contributed by atoms with Crippen molar-refractivity contribution in [3.63, 3.8) is 0 Å². The van der Waals surface area contributed by atoms with E-state index in [2.05, 4.69) is 0 Å². The number of carbonyl (C=O) groups is 1. The number of amides is 1. The second-order valence-corrected chi connectivity index (χ2v) is 4.94. The Kier molecular flexibility index (Phi) is 3.65. The largest absolute Gasteiger partial charge is 0.334 e. The first-order valence-electron chi connectivity index (χ1n) is 5.22. The Hall–Kier alpha value is -0.540. The molecule has 1 amide bonds. The third kappa shape index (κ3) is 2.34. The molecule has 1 fully saturated rings. The van der Waals surface area contributed by atoms with Gasteiger partial charge in [-0.2, -0.15) is 11.3 Å². The topological polar surface area (TPSA) is 20.3 Å². The Bertz CT molecular complexity index is 321. The molecule has 0 radical (unpaired) electrons. The van der Waals surface area contributed by atoms with Crippen LogP contribution in [0.15, 0.2) is 16.8 Å². The van der Waals surface area contributed by atoms with E-state index in [-0.39, 0.29) is 5.91 Å². The van der Waals surface area contributed by atoms with Gasteiger partial charge in [0.25, 0.3) is 5.91 Å². The molecule has 4 heteroatoms. The van der Waals surface area contributed by atoms with Gasteiger partial charge >= 0.3 is 0 Å². The van der Waals surface area contributed by atoms with Gasteiger partial charge in [0.05, 0.1) is 5.56 Å². The third-order valence-electron chi connectivity index (χ3n) is 2.87. The van der Waals surface area contributed by atoms with Gasteiger partial charge in [-0.25, -0.2) is 0 Å². The van der Waals surface area contributed by atoms with Gasteiger partial charge in [-0.15, -0.1) is 11.6 Å². The number of rotatable bonds is 4. The molecule has 1 aromatic heterocycles. The Morgan fingerprint density at radius 2 is 2.40 bits per heavy atom. The molecule has 1 aliphatic carbocycles. The highest BCUT2D eigenvalue weighted by atomic mass is 35.5. The first-order valence-corrected chi connectivity index (χ1v) is 6.70. The van der Waals surface area contributed by atoms with Gasteiger partial charge in [0, 0.05) is 23.8 Å². The smallest absolute Gasteiger partial charge is 0.254 e. The first-order chi connectivity index (χ1) is 7.33. The highest BCUT2D eigenvalue weighted by Crippen LogP contribution is 2.26. The van der Waals surface area contributed by atoms with Crippen LogP contribution in [0.5, 0.6) is 0 Å². The van der Waals surface area contributed by atoms with Crippen molar-refractivity contribution in [1.82, 2.24) is 4.90 Å². The fourth-order valence-electron chi connectivity index (χ4n) is 1.79. The summed E-state index contributed by atoms with van der Waals surface area (Å²) >= 11 is 7.30. The third-order valence-corrected chi connectivity index (χ3v) is 3.72. The van der Waals surface area contributed by atoms with E-state index in [0.717, 1.165) is 18.4 Å². The minimum Gasteiger partial charge on any atom is -0.334 e. The molecular formula is C11H14ClNOS. The maximum Gasteiger partial charge on any atom is 0.254 e. The van der Waals surface area contributed by atoms with Crippen molar-refractivity contribution < 1.29 is 4.79 Å². The second kappa shape index (κ2) is 4.99. The fraction of sp³-hybridized carbons (Fsp3) is 0.545. The predicted octanol–water partition coefficient (Wildman–Crippen LogP) is 2.98. The Labute approximate surface area is 98.8 Å². The summed E-state index contributed by atoms with van der Waals surface area (Å²) < 4.78 is 0. The van der Waals surface area contributed by atoms with Crippen molar-refractivity contribution in [3.05, 3.63) is 22.4 Å². The van der Waals surface area contributed by atoms with E-state index in [1.54, 1.807) is 11.3 Å². The zero-order valence-electron chi connectivity index (χ0n) is 8.49. The van der Waals surface area contributed by atoms with Crippen LogP contribution in [0.2, 0.25) is 0 Å². The lowest BCUT2D eigenvalue weighted by molar-refractivity contribution is 0.0598. The fourth-order valence-corrected chi connectivity index (χ4v) is 2.60. The van der Waals surface area contributed by atoms with Crippen molar-refractivity contribution >= 4 is 28.8 Å². The molecular weight excluding hydrogens is 230 g/mol. The number of nitrogens with zero attached hydrogens (tertiary/aromatic N) is 1. The maximum atomic E-state index is 12.1. The lowest BCUT2D eigenvalue weighted by Gasteiger charge is -2.37. The Morgan fingerprint density at radius 1 is 1.60 bits per heavy atom. The molecule has 1 saturated carbocycles. The van der Waals surface area contributed by atoms with Crippen LogP contribution < -0.4 is 0 Å². The SMILES string of the molecule is O=C(c1ccsc1)N(CCCl)C1CCC1. The van der Waals surface area contributed by atoms with E-state index in [1.807, 2.05) is 21.7 Å². The summed E-state index contributed by atoms with van der Waals surface area (Å²) in [5, 5.41) is 3.84. The van der Waals surface area contributed by atoms with E-state index in [1.165, 1.54) is 6.42 Å². The summed E-state index contributed by atoms with van der Waals surface area (Å²) in [6, 6.07) is 2.31. The van der Waals surface area contributed by atoms with E-state index >= 15 is 0 Å². The summed E-state index contributed by atoms with van der Waals surface area (Å²) in [5.41, 5.74) is 0.803. The lowest BCUT2D eigenvalue weighted by Crippen LogP contribution is -2.45. The number of thiophene rings is 1. The van der Waals surface area contributed by atoms with Crippen molar-refractivity contribution in [1.29, 1.82) is 0 Å². The monoisotopic (exact) mass is 243 g/mol. The zero-order valence-corrected chi connectivity index (χ0v) is 10.1. The normalized spacial score (nSPS) is 16.1. The minimum atomic E-state index is 0.140. The second-order valence-electron chi connectivity index (χ2n) is 3.78. The molecule has 0 bridgehead atoms. The van der Waals surface area contributed by atoms with E-state index in [9.17, 15) is 4.79 Å². The number of hydrogen-bond donors (Lipinski definition) is 0. The molecule has 1 heterocycles. The Balaban J connectivity index is 2.06. The molecule has 0 N–H and O–H groups in total. The summed E-state index contributed by atoms with van der Waals surface area (Å²) in [7, 11) is 0. The van der Waals surface area contributed by atoms with Gasteiger partial charge < -0.3 is 4.90 Å². The molecule has 0 aliphatic heterocycles. The first kappa shape index (κ1) is 11.0. The van der Waals surface area contributed by atoms with Gasteiger partial charge in [0.2, 0.25) is 0 Å². The molecule has 1 aromatic rings. The molecule has 0 saturated heterocycles. The average Bonchev–Trinajstić information content (AvgIpc) is 2.66. The van der Waals surface area contributed by atoms with Gasteiger partial charge in [-0.05, 0) is 30.7 Å². The van der Waals surface area contributed by atoms with Crippen LogP contribution in [0.4, 0.5) is 0 Å². The molecule has 82 valence electrons. The lowest BCUT2D eigenvalue weighted by atomic mass is 9.91. The molecule has 0 atom stereocenters. The maximum absolute atomic E-state index is 12.1. The Morgan fingerprint density at radius 3 is 2.87 bits per heavy atom. The molecule has 15 heavy (non-hydrogen) atoms. The van der Waals surface area contributed by atoms with E-state index in [4.69, 9.17) is 11.6 Å². The minimum absolute atomic E-state index is 0.140. The molecule has 0 unspecified atom stereocenters. The predicted molar refractivity (Wildman–Crippen MR) is 63.7 cm³/mol. The average molecular weight is 244 g/mol. The highest BCUT2D eigenvalue weighted by molar-refractivity contribution is 7.08. The van der Waals surface area contributed by atoms with Gasteiger partial charge in [0.1, 0.15) is 0 Å². The number of alkyl halides is 1. The number of halogens is 1. The molecule has 0 spiro atoms. The summed E-state index contributed by atoms with van der Waals surface area (Å²) in [4.78, 5) is 14.0. The van der Waals surface area contributed by atoms with Crippen molar-refractivity contribution in [2.24, 2.45) is 0 Å². The van der Waals surface area contributed by atoms with Crippen LogP contribution in [0, 0.1) is 0 Å². The van der Waals surface area contributed by atoms with E-state index < -0.39 is 0 Å². The molecule has 2 nitrogen and oxygen atoms in total.